The third-order valence-corrected chi connectivity index (χ3v) is 5.03. The van der Waals surface area contributed by atoms with Gasteiger partial charge in [0, 0.05) is 0 Å². The lowest BCUT2D eigenvalue weighted by molar-refractivity contribution is -0.147. The molecule has 0 bridgehead atoms. The molecule has 1 aliphatic heterocycles. The molecule has 3 rings (SSSR count). The SMILES string of the molecule is CCc1c(C2(C(=O)O)CCC2)cc2c(c1Br)OCO2. The molecule has 0 amide bonds. The Bertz CT molecular complexity index is 549. The van der Waals surface area contributed by atoms with E-state index in [0.717, 1.165) is 28.4 Å². The molecular formula is C14H15BrO4. The van der Waals surface area contributed by atoms with Gasteiger partial charge in [0.15, 0.2) is 11.5 Å². The van der Waals surface area contributed by atoms with Crippen LogP contribution in [0.1, 0.15) is 37.3 Å². The highest BCUT2D eigenvalue weighted by Crippen LogP contribution is 2.51. The van der Waals surface area contributed by atoms with Crippen molar-refractivity contribution in [1.82, 2.24) is 0 Å². The number of rotatable bonds is 3. The zero-order chi connectivity index (χ0) is 13.6. The maximum Gasteiger partial charge on any atom is 0.314 e. The van der Waals surface area contributed by atoms with Crippen LogP contribution in [0.2, 0.25) is 0 Å². The minimum absolute atomic E-state index is 0.195. The molecule has 1 N–H and O–H groups in total. The summed E-state index contributed by atoms with van der Waals surface area (Å²) in [6.07, 6.45) is 3.12. The molecular weight excluding hydrogens is 312 g/mol. The molecule has 5 heteroatoms. The molecule has 1 aromatic rings. The summed E-state index contributed by atoms with van der Waals surface area (Å²) >= 11 is 3.54. The largest absolute Gasteiger partial charge is 0.481 e. The van der Waals surface area contributed by atoms with E-state index in [-0.39, 0.29) is 6.79 Å². The molecule has 0 radical (unpaired) electrons. The first kappa shape index (κ1) is 12.8. The molecule has 102 valence electrons. The zero-order valence-electron chi connectivity index (χ0n) is 10.7. The third-order valence-electron chi connectivity index (χ3n) is 4.19. The Morgan fingerprint density at radius 2 is 2.21 bits per heavy atom. The Kier molecular flexibility index (Phi) is 2.96. The van der Waals surface area contributed by atoms with Crippen molar-refractivity contribution < 1.29 is 19.4 Å². The number of carbonyl (C=O) groups is 1. The smallest absolute Gasteiger partial charge is 0.314 e. The number of hydrogen-bond donors (Lipinski definition) is 1. The van der Waals surface area contributed by atoms with E-state index in [1.54, 1.807) is 0 Å². The van der Waals surface area contributed by atoms with Crippen LogP contribution >= 0.6 is 15.9 Å². The predicted molar refractivity (Wildman–Crippen MR) is 72.8 cm³/mol. The number of carboxylic acids is 1. The summed E-state index contributed by atoms with van der Waals surface area (Å²) < 4.78 is 11.7. The fourth-order valence-electron chi connectivity index (χ4n) is 2.94. The van der Waals surface area contributed by atoms with Crippen LogP contribution in [0.25, 0.3) is 0 Å². The van der Waals surface area contributed by atoms with Crippen molar-refractivity contribution in [1.29, 1.82) is 0 Å². The van der Waals surface area contributed by atoms with E-state index in [4.69, 9.17) is 9.47 Å². The van der Waals surface area contributed by atoms with Crippen molar-refractivity contribution in [3.63, 3.8) is 0 Å². The van der Waals surface area contributed by atoms with Gasteiger partial charge < -0.3 is 14.6 Å². The lowest BCUT2D eigenvalue weighted by Crippen LogP contribution is -2.43. The summed E-state index contributed by atoms with van der Waals surface area (Å²) in [5.74, 6) is 0.603. The molecule has 0 spiro atoms. The fourth-order valence-corrected chi connectivity index (χ4v) is 3.75. The van der Waals surface area contributed by atoms with Crippen LogP contribution < -0.4 is 9.47 Å². The summed E-state index contributed by atoms with van der Waals surface area (Å²) in [4.78, 5) is 11.7. The number of ether oxygens (including phenoxy) is 2. The topological polar surface area (TPSA) is 55.8 Å². The highest BCUT2D eigenvalue weighted by Gasteiger charge is 2.48. The monoisotopic (exact) mass is 326 g/mol. The number of aliphatic carboxylic acids is 1. The Morgan fingerprint density at radius 1 is 1.47 bits per heavy atom. The number of hydrogen-bond acceptors (Lipinski definition) is 3. The fraction of sp³-hybridized carbons (Fsp3) is 0.500. The molecule has 1 aliphatic carbocycles. The van der Waals surface area contributed by atoms with Gasteiger partial charge in [-0.05, 0) is 52.4 Å². The number of halogens is 1. The van der Waals surface area contributed by atoms with E-state index in [1.165, 1.54) is 0 Å². The van der Waals surface area contributed by atoms with Gasteiger partial charge in [-0.3, -0.25) is 4.79 Å². The number of carboxylic acid groups (broad SMARTS) is 1. The van der Waals surface area contributed by atoms with Crippen LogP contribution in [0.3, 0.4) is 0 Å². The van der Waals surface area contributed by atoms with Gasteiger partial charge in [-0.25, -0.2) is 0 Å². The highest BCUT2D eigenvalue weighted by atomic mass is 79.9. The van der Waals surface area contributed by atoms with Gasteiger partial charge in [0.25, 0.3) is 0 Å². The van der Waals surface area contributed by atoms with Gasteiger partial charge in [0.05, 0.1) is 9.89 Å². The third kappa shape index (κ3) is 1.67. The predicted octanol–water partition coefficient (Wildman–Crippen LogP) is 3.25. The quantitative estimate of drug-likeness (QED) is 0.926. The normalized spacial score (nSPS) is 19.1. The lowest BCUT2D eigenvalue weighted by Gasteiger charge is -2.39. The van der Waals surface area contributed by atoms with Crippen molar-refractivity contribution in [2.24, 2.45) is 0 Å². The van der Waals surface area contributed by atoms with Crippen LogP contribution in [0, 0.1) is 0 Å². The minimum Gasteiger partial charge on any atom is -0.481 e. The second kappa shape index (κ2) is 4.40. The first-order valence-electron chi connectivity index (χ1n) is 6.45. The molecule has 1 aromatic carbocycles. The maximum atomic E-state index is 11.7. The molecule has 0 saturated heterocycles. The minimum atomic E-state index is -0.741. The Balaban J connectivity index is 2.21. The average molecular weight is 327 g/mol. The number of fused-ring (bicyclic) bond motifs is 1. The summed E-state index contributed by atoms with van der Waals surface area (Å²) in [5.41, 5.74) is 1.16. The Morgan fingerprint density at radius 3 is 2.74 bits per heavy atom. The van der Waals surface area contributed by atoms with Crippen molar-refractivity contribution >= 4 is 21.9 Å². The van der Waals surface area contributed by atoms with Crippen LogP contribution in [-0.2, 0) is 16.6 Å². The van der Waals surface area contributed by atoms with Gasteiger partial charge in [-0.1, -0.05) is 13.3 Å². The molecule has 0 atom stereocenters. The van der Waals surface area contributed by atoms with E-state index in [2.05, 4.69) is 15.9 Å². The lowest BCUT2D eigenvalue weighted by atomic mass is 9.63. The van der Waals surface area contributed by atoms with Crippen LogP contribution in [0.15, 0.2) is 10.5 Å². The summed E-state index contributed by atoms with van der Waals surface area (Å²) in [6.45, 7) is 2.22. The second-order valence-electron chi connectivity index (χ2n) is 5.04. The van der Waals surface area contributed by atoms with Crippen LogP contribution in [0.5, 0.6) is 11.5 Å². The van der Waals surface area contributed by atoms with E-state index < -0.39 is 11.4 Å². The van der Waals surface area contributed by atoms with E-state index >= 15 is 0 Å². The first-order chi connectivity index (χ1) is 9.10. The molecule has 19 heavy (non-hydrogen) atoms. The molecule has 1 heterocycles. The van der Waals surface area contributed by atoms with Gasteiger partial charge in [0.2, 0.25) is 6.79 Å². The van der Waals surface area contributed by atoms with Gasteiger partial charge in [-0.2, -0.15) is 0 Å². The van der Waals surface area contributed by atoms with E-state index in [0.29, 0.717) is 24.3 Å². The van der Waals surface area contributed by atoms with Crippen molar-refractivity contribution in [3.05, 3.63) is 21.7 Å². The summed E-state index contributed by atoms with van der Waals surface area (Å²) in [5, 5.41) is 9.61. The molecule has 2 aliphatic rings. The standard InChI is InChI=1S/C14H15BrO4/c1-2-8-9(14(13(16)17)4-3-5-14)6-10-12(11(8)15)19-7-18-10/h6H,2-5,7H2,1H3,(H,16,17). The zero-order valence-corrected chi connectivity index (χ0v) is 12.2. The molecule has 1 fully saturated rings. The average Bonchev–Trinajstić information content (AvgIpc) is 2.76. The first-order valence-corrected chi connectivity index (χ1v) is 7.24. The van der Waals surface area contributed by atoms with E-state index in [1.807, 2.05) is 13.0 Å². The van der Waals surface area contributed by atoms with Crippen molar-refractivity contribution in [2.75, 3.05) is 6.79 Å². The van der Waals surface area contributed by atoms with E-state index in [9.17, 15) is 9.90 Å². The second-order valence-corrected chi connectivity index (χ2v) is 5.84. The molecule has 0 aromatic heterocycles. The maximum absolute atomic E-state index is 11.7. The molecule has 0 unspecified atom stereocenters. The summed E-state index contributed by atoms with van der Waals surface area (Å²) in [6, 6.07) is 1.86. The van der Waals surface area contributed by atoms with Crippen molar-refractivity contribution in [3.8, 4) is 11.5 Å². The van der Waals surface area contributed by atoms with Gasteiger partial charge in [-0.15, -0.1) is 0 Å². The van der Waals surface area contributed by atoms with Crippen LogP contribution in [-0.4, -0.2) is 17.9 Å². The van der Waals surface area contributed by atoms with Crippen LogP contribution in [0.4, 0.5) is 0 Å². The molecule has 1 saturated carbocycles. The summed E-state index contributed by atoms with van der Waals surface area (Å²) in [7, 11) is 0. The Labute approximate surface area is 119 Å². The van der Waals surface area contributed by atoms with Gasteiger partial charge in [0.1, 0.15) is 0 Å². The Hall–Kier alpha value is -1.23. The van der Waals surface area contributed by atoms with Crippen molar-refractivity contribution in [2.45, 2.75) is 38.0 Å². The number of benzene rings is 1. The van der Waals surface area contributed by atoms with Gasteiger partial charge >= 0.3 is 5.97 Å². The molecule has 4 nitrogen and oxygen atoms in total. The highest BCUT2D eigenvalue weighted by molar-refractivity contribution is 9.10.